The van der Waals surface area contributed by atoms with Crippen molar-refractivity contribution in [1.29, 1.82) is 0 Å². The molecule has 0 fully saturated rings. The molecule has 0 radical (unpaired) electrons. The molecule has 1 N–H and O–H groups in total. The highest BCUT2D eigenvalue weighted by Crippen LogP contribution is 2.32. The van der Waals surface area contributed by atoms with Crippen LogP contribution < -0.4 is 14.4 Å². The van der Waals surface area contributed by atoms with Gasteiger partial charge in [0.2, 0.25) is 5.91 Å². The normalized spacial score (nSPS) is 11.1. The molecule has 0 aliphatic heterocycles. The lowest BCUT2D eigenvalue weighted by atomic mass is 10.3. The van der Waals surface area contributed by atoms with E-state index in [4.69, 9.17) is 39.5 Å². The molecule has 6 nitrogen and oxygen atoms in total. The third-order valence-corrected chi connectivity index (χ3v) is 7.07. The summed E-state index contributed by atoms with van der Waals surface area (Å²) in [5.41, 5.74) is 0.586. The first kappa shape index (κ1) is 23.2. The Morgan fingerprint density at radius 3 is 2.26 bits per heavy atom. The van der Waals surface area contributed by atoms with Crippen LogP contribution in [0.25, 0.3) is 0 Å². The zero-order chi connectivity index (χ0) is 22.6. The van der Waals surface area contributed by atoms with Gasteiger partial charge in [-0.05, 0) is 48.5 Å². The van der Waals surface area contributed by atoms with Gasteiger partial charge in [0, 0.05) is 5.69 Å². The Labute approximate surface area is 195 Å². The highest BCUT2D eigenvalue weighted by atomic mass is 35.5. The Morgan fingerprint density at radius 2 is 1.65 bits per heavy atom. The van der Waals surface area contributed by atoms with Gasteiger partial charge in [0.15, 0.2) is 0 Å². The van der Waals surface area contributed by atoms with Crippen LogP contribution in [-0.2, 0) is 14.8 Å². The zero-order valence-electron chi connectivity index (χ0n) is 16.2. The minimum Gasteiger partial charge on any atom is -0.495 e. The molecular formula is C21H17Cl3N2O4S. The SMILES string of the molecule is COc1ccc(N(CC(=O)Nc2ccc(Cl)c(Cl)c2)S(=O)(=O)c2ccccc2)cc1Cl. The molecular weight excluding hydrogens is 483 g/mol. The van der Waals surface area contributed by atoms with Gasteiger partial charge in [0.1, 0.15) is 12.3 Å². The molecule has 0 spiro atoms. The predicted molar refractivity (Wildman–Crippen MR) is 124 cm³/mol. The van der Waals surface area contributed by atoms with E-state index in [-0.39, 0.29) is 20.6 Å². The maximum absolute atomic E-state index is 13.3. The quantitative estimate of drug-likeness (QED) is 0.466. The molecule has 31 heavy (non-hydrogen) atoms. The number of rotatable bonds is 7. The van der Waals surface area contributed by atoms with Crippen LogP contribution in [0.1, 0.15) is 0 Å². The standard InChI is InChI=1S/C21H17Cl3N2O4S/c1-30-20-10-8-15(12-19(20)24)26(31(28,29)16-5-3-2-4-6-16)13-21(27)25-14-7-9-17(22)18(23)11-14/h2-12H,13H2,1H3,(H,25,27). The molecule has 0 bridgehead atoms. The average Bonchev–Trinajstić information content (AvgIpc) is 2.75. The summed E-state index contributed by atoms with van der Waals surface area (Å²) in [6.45, 7) is -0.500. The summed E-state index contributed by atoms with van der Waals surface area (Å²) in [6, 6.07) is 16.8. The molecule has 0 saturated heterocycles. The highest BCUT2D eigenvalue weighted by Gasteiger charge is 2.27. The fourth-order valence-corrected chi connectivity index (χ4v) is 4.73. The van der Waals surface area contributed by atoms with Gasteiger partial charge in [0.25, 0.3) is 10.0 Å². The lowest BCUT2D eigenvalue weighted by Crippen LogP contribution is -2.38. The van der Waals surface area contributed by atoms with E-state index < -0.39 is 22.5 Å². The smallest absolute Gasteiger partial charge is 0.264 e. The molecule has 0 unspecified atom stereocenters. The van der Waals surface area contributed by atoms with Crippen LogP contribution in [0.3, 0.4) is 0 Å². The summed E-state index contributed by atoms with van der Waals surface area (Å²) >= 11 is 18.1. The summed E-state index contributed by atoms with van der Waals surface area (Å²) in [5.74, 6) is -0.201. The number of hydrogen-bond acceptors (Lipinski definition) is 4. The van der Waals surface area contributed by atoms with E-state index >= 15 is 0 Å². The van der Waals surface area contributed by atoms with Crippen molar-refractivity contribution in [2.75, 3.05) is 23.3 Å². The number of anilines is 2. The number of carbonyl (C=O) groups excluding carboxylic acids is 1. The fourth-order valence-electron chi connectivity index (χ4n) is 2.75. The number of methoxy groups -OCH3 is 1. The second-order valence-electron chi connectivity index (χ2n) is 6.32. The van der Waals surface area contributed by atoms with Crippen LogP contribution in [0.5, 0.6) is 5.75 Å². The maximum Gasteiger partial charge on any atom is 0.264 e. The lowest BCUT2D eigenvalue weighted by molar-refractivity contribution is -0.114. The average molecular weight is 500 g/mol. The largest absolute Gasteiger partial charge is 0.495 e. The van der Waals surface area contributed by atoms with Crippen molar-refractivity contribution in [3.8, 4) is 5.75 Å². The van der Waals surface area contributed by atoms with Gasteiger partial charge in [-0.1, -0.05) is 53.0 Å². The number of carbonyl (C=O) groups is 1. The molecule has 3 aromatic rings. The molecule has 0 atom stereocenters. The summed E-state index contributed by atoms with van der Waals surface area (Å²) in [6.07, 6.45) is 0. The van der Waals surface area contributed by atoms with E-state index in [9.17, 15) is 13.2 Å². The summed E-state index contributed by atoms with van der Waals surface area (Å²) in [5, 5.41) is 3.43. The van der Waals surface area contributed by atoms with Gasteiger partial charge in [-0.3, -0.25) is 9.10 Å². The van der Waals surface area contributed by atoms with Crippen molar-refractivity contribution in [1.82, 2.24) is 0 Å². The first-order valence-corrected chi connectivity index (χ1v) is 11.5. The highest BCUT2D eigenvalue weighted by molar-refractivity contribution is 7.92. The van der Waals surface area contributed by atoms with Crippen LogP contribution in [0.15, 0.2) is 71.6 Å². The summed E-state index contributed by atoms with van der Waals surface area (Å²) in [7, 11) is -2.62. The van der Waals surface area contributed by atoms with Crippen molar-refractivity contribution >= 4 is 62.1 Å². The van der Waals surface area contributed by atoms with Crippen LogP contribution in [-0.4, -0.2) is 28.0 Å². The number of nitrogens with one attached hydrogen (secondary N) is 1. The molecule has 1 amide bonds. The van der Waals surface area contributed by atoms with Crippen molar-refractivity contribution in [3.05, 3.63) is 81.8 Å². The van der Waals surface area contributed by atoms with Gasteiger partial charge < -0.3 is 10.1 Å². The summed E-state index contributed by atoms with van der Waals surface area (Å²) in [4.78, 5) is 12.8. The number of sulfonamides is 1. The van der Waals surface area contributed by atoms with Crippen LogP contribution in [0.4, 0.5) is 11.4 Å². The maximum atomic E-state index is 13.3. The lowest BCUT2D eigenvalue weighted by Gasteiger charge is -2.24. The second kappa shape index (κ2) is 9.78. The zero-order valence-corrected chi connectivity index (χ0v) is 19.3. The molecule has 3 rings (SSSR count). The van der Waals surface area contributed by atoms with Gasteiger partial charge in [-0.25, -0.2) is 8.42 Å². The Morgan fingerprint density at radius 1 is 0.935 bits per heavy atom. The monoisotopic (exact) mass is 498 g/mol. The van der Waals surface area contributed by atoms with Crippen LogP contribution in [0.2, 0.25) is 15.1 Å². The van der Waals surface area contributed by atoms with E-state index in [2.05, 4.69) is 5.32 Å². The Hall–Kier alpha value is -2.45. The van der Waals surface area contributed by atoms with E-state index in [1.54, 1.807) is 24.3 Å². The molecule has 0 aliphatic carbocycles. The Balaban J connectivity index is 1.96. The van der Waals surface area contributed by atoms with Gasteiger partial charge in [0.05, 0.1) is 32.8 Å². The number of ether oxygens (including phenoxy) is 1. The molecule has 0 aromatic heterocycles. The van der Waals surface area contributed by atoms with E-state index in [0.717, 1.165) is 4.31 Å². The second-order valence-corrected chi connectivity index (χ2v) is 9.40. The first-order valence-electron chi connectivity index (χ1n) is 8.88. The Kier molecular flexibility index (Phi) is 7.33. The van der Waals surface area contributed by atoms with Gasteiger partial charge in [-0.2, -0.15) is 0 Å². The van der Waals surface area contributed by atoms with Gasteiger partial charge >= 0.3 is 0 Å². The van der Waals surface area contributed by atoms with Crippen LogP contribution in [0, 0.1) is 0 Å². The summed E-state index contributed by atoms with van der Waals surface area (Å²) < 4.78 is 32.7. The number of benzene rings is 3. The van der Waals surface area contributed by atoms with E-state index in [1.165, 1.54) is 49.6 Å². The number of hydrogen-bond donors (Lipinski definition) is 1. The topological polar surface area (TPSA) is 75.7 Å². The van der Waals surface area contributed by atoms with Crippen molar-refractivity contribution in [2.45, 2.75) is 4.90 Å². The third-order valence-electron chi connectivity index (χ3n) is 4.25. The number of amides is 1. The van der Waals surface area contributed by atoms with Gasteiger partial charge in [-0.15, -0.1) is 0 Å². The van der Waals surface area contributed by atoms with Crippen LogP contribution >= 0.6 is 34.8 Å². The number of nitrogens with zero attached hydrogens (tertiary/aromatic N) is 1. The molecule has 0 heterocycles. The molecule has 0 aliphatic rings. The predicted octanol–water partition coefficient (Wildman–Crippen LogP) is 5.49. The molecule has 10 heteroatoms. The third kappa shape index (κ3) is 5.43. The van der Waals surface area contributed by atoms with Crippen molar-refractivity contribution < 1.29 is 17.9 Å². The Bertz CT molecular complexity index is 1200. The fraction of sp³-hybridized carbons (Fsp3) is 0.0952. The van der Waals surface area contributed by atoms with Crippen molar-refractivity contribution in [3.63, 3.8) is 0 Å². The minimum absolute atomic E-state index is 0.0317. The molecule has 162 valence electrons. The first-order chi connectivity index (χ1) is 14.7. The van der Waals surface area contributed by atoms with E-state index in [1.807, 2.05) is 0 Å². The molecule has 3 aromatic carbocycles. The minimum atomic E-state index is -4.07. The molecule has 0 saturated carbocycles. The van der Waals surface area contributed by atoms with Crippen molar-refractivity contribution in [2.24, 2.45) is 0 Å². The number of halogens is 3. The van der Waals surface area contributed by atoms with E-state index in [0.29, 0.717) is 16.5 Å².